The number of nitrogens with zero attached hydrogens (tertiary/aromatic N) is 4. The molecule has 0 aliphatic rings. The normalized spacial score (nSPS) is 13.6. The van der Waals surface area contributed by atoms with Crippen LogP contribution >= 0.6 is 11.3 Å². The van der Waals surface area contributed by atoms with Gasteiger partial charge in [-0.05, 0) is 54.0 Å². The molecule has 0 aliphatic heterocycles. The fraction of sp³-hybridized carbons (Fsp3) is 0. The Hall–Kier alpha value is -7.41. The first-order valence-corrected chi connectivity index (χ1v) is 19.3. The molecule has 12 rings (SSSR count). The Morgan fingerprint density at radius 2 is 1.12 bits per heavy atom. The number of hydrogen-bond donors (Lipinski definition) is 0. The third-order valence-electron chi connectivity index (χ3n) is 10.6. The molecule has 8 aromatic carbocycles. The Morgan fingerprint density at radius 3 is 2.05 bits per heavy atom. The molecular weight excluding hydrogens is 717 g/mol. The van der Waals surface area contributed by atoms with E-state index in [0.717, 1.165) is 64.4 Å². The van der Waals surface area contributed by atoms with E-state index >= 15 is 0 Å². The van der Waals surface area contributed by atoms with Gasteiger partial charge in [-0.25, -0.2) is 15.0 Å². The molecule has 57 heavy (non-hydrogen) atoms. The lowest BCUT2D eigenvalue weighted by Gasteiger charge is -2.15. The number of furan rings is 1. The van der Waals surface area contributed by atoms with Crippen molar-refractivity contribution in [3.63, 3.8) is 0 Å². The van der Waals surface area contributed by atoms with Crippen LogP contribution in [-0.4, -0.2) is 19.5 Å². The molecule has 0 fully saturated rings. The molecule has 266 valence electrons. The quantitative estimate of drug-likeness (QED) is 0.176. The van der Waals surface area contributed by atoms with Crippen LogP contribution < -0.4 is 0 Å². The van der Waals surface area contributed by atoms with Gasteiger partial charge in [-0.3, -0.25) is 0 Å². The van der Waals surface area contributed by atoms with Crippen molar-refractivity contribution in [2.45, 2.75) is 0 Å². The van der Waals surface area contributed by atoms with Crippen molar-refractivity contribution < 1.29 is 14.0 Å². The molecule has 4 aromatic heterocycles. The average molecular weight is 754 g/mol. The van der Waals surface area contributed by atoms with Crippen molar-refractivity contribution in [1.29, 1.82) is 0 Å². The van der Waals surface area contributed by atoms with Crippen LogP contribution in [0.15, 0.2) is 186 Å². The van der Waals surface area contributed by atoms with Crippen molar-refractivity contribution in [2.24, 2.45) is 0 Å². The Balaban J connectivity index is 1.14. The highest BCUT2D eigenvalue weighted by molar-refractivity contribution is 7.26. The van der Waals surface area contributed by atoms with E-state index in [1.54, 1.807) is 28.0 Å². The van der Waals surface area contributed by atoms with Gasteiger partial charge in [0.15, 0.2) is 17.5 Å². The fourth-order valence-corrected chi connectivity index (χ4v) is 9.25. The van der Waals surface area contributed by atoms with E-state index in [4.69, 9.17) is 27.6 Å². The van der Waals surface area contributed by atoms with E-state index in [1.807, 2.05) is 91.0 Å². The summed E-state index contributed by atoms with van der Waals surface area (Å²) >= 11 is 1.66. The third-order valence-corrected chi connectivity index (χ3v) is 11.8. The van der Waals surface area contributed by atoms with E-state index in [1.165, 1.54) is 6.07 Å². The lowest BCUT2D eigenvalue weighted by molar-refractivity contribution is 0.670. The Labute approximate surface area is 340 Å². The lowest BCUT2D eigenvalue weighted by Crippen LogP contribution is -2.03. The summed E-state index contributed by atoms with van der Waals surface area (Å²) in [5, 5.41) is 4.41. The van der Waals surface area contributed by atoms with Crippen molar-refractivity contribution in [3.8, 4) is 51.0 Å². The van der Waals surface area contributed by atoms with Crippen LogP contribution in [0, 0.1) is 0 Å². The van der Waals surface area contributed by atoms with Gasteiger partial charge in [0.05, 0.1) is 26.3 Å². The number of rotatable bonds is 5. The number of para-hydroxylation sites is 5. The molecule has 0 unspecified atom stereocenters. The average Bonchev–Trinajstić information content (AvgIpc) is 4.02. The van der Waals surface area contributed by atoms with Crippen molar-refractivity contribution in [3.05, 3.63) is 182 Å². The summed E-state index contributed by atoms with van der Waals surface area (Å²) < 4.78 is 72.3. The molecule has 5 nitrogen and oxygen atoms in total. The van der Waals surface area contributed by atoms with Crippen LogP contribution in [0.4, 0.5) is 0 Å². The van der Waals surface area contributed by atoms with Gasteiger partial charge in [0.1, 0.15) is 11.2 Å². The van der Waals surface area contributed by atoms with Gasteiger partial charge in [-0.1, -0.05) is 133 Å². The minimum Gasteiger partial charge on any atom is -0.455 e. The van der Waals surface area contributed by atoms with E-state index < -0.39 is 12.1 Å². The molecule has 0 saturated carbocycles. The van der Waals surface area contributed by atoms with Crippen LogP contribution in [0.3, 0.4) is 0 Å². The number of aromatic nitrogens is 4. The second-order valence-electron chi connectivity index (χ2n) is 13.8. The zero-order chi connectivity index (χ0) is 43.5. The first kappa shape index (κ1) is 25.6. The minimum absolute atomic E-state index is 0.0631. The summed E-state index contributed by atoms with van der Waals surface area (Å²) in [5.74, 6) is 1.10. The van der Waals surface area contributed by atoms with E-state index in [2.05, 4.69) is 30.3 Å². The molecule has 4 heterocycles. The van der Waals surface area contributed by atoms with Crippen molar-refractivity contribution in [1.82, 2.24) is 19.5 Å². The molecule has 0 amide bonds. The zero-order valence-corrected chi connectivity index (χ0v) is 30.7. The molecule has 0 radical (unpaired) electrons. The second kappa shape index (κ2) is 12.6. The molecule has 0 atom stereocenters. The topological polar surface area (TPSA) is 56.7 Å². The van der Waals surface area contributed by atoms with Crippen LogP contribution in [-0.2, 0) is 0 Å². The van der Waals surface area contributed by atoms with Crippen molar-refractivity contribution >= 4 is 75.3 Å². The number of benzene rings is 8. The summed E-state index contributed by atoms with van der Waals surface area (Å²) in [4.78, 5) is 15.6. The van der Waals surface area contributed by atoms with Crippen LogP contribution in [0.5, 0.6) is 0 Å². The second-order valence-corrected chi connectivity index (χ2v) is 14.9. The smallest absolute Gasteiger partial charge is 0.166 e. The molecule has 0 bridgehead atoms. The molecule has 0 spiro atoms. The number of thiophene rings is 1. The Morgan fingerprint density at radius 1 is 0.474 bits per heavy atom. The van der Waals surface area contributed by atoms with E-state index in [0.29, 0.717) is 22.9 Å². The number of fused-ring (bicyclic) bond motifs is 9. The van der Waals surface area contributed by atoms with Crippen LogP contribution in [0.1, 0.15) is 9.60 Å². The summed E-state index contributed by atoms with van der Waals surface area (Å²) in [6.07, 6.45) is 0. The standard InChI is InChI=1S/C51H30N4OS/c1-6-25-42-34(16-1)35-17-2-7-26-43(35)55(42)44-27-8-3-20-40(44)50-52-49(53-51(54-50)41-24-13-23-39-37-19-5-10-29-46(37)57-48(39)41)32-15-11-14-31(30-32)33-21-12-22-38-36-18-4-9-28-45(36)56-47(33)38/h1-30H/i1D,2D,6D,16D,17D,25D,26D. The molecule has 0 aliphatic carbocycles. The maximum atomic E-state index is 9.18. The predicted molar refractivity (Wildman–Crippen MR) is 236 cm³/mol. The van der Waals surface area contributed by atoms with Gasteiger partial charge < -0.3 is 8.98 Å². The van der Waals surface area contributed by atoms with Gasteiger partial charge in [-0.2, -0.15) is 0 Å². The first-order chi connectivity index (χ1) is 31.2. The lowest BCUT2D eigenvalue weighted by atomic mass is 10.00. The van der Waals surface area contributed by atoms with Gasteiger partial charge in [-0.15, -0.1) is 11.3 Å². The maximum absolute atomic E-state index is 9.18. The Kier molecular flexibility index (Phi) is 5.65. The highest BCUT2D eigenvalue weighted by Crippen LogP contribution is 2.42. The Bertz CT molecular complexity index is 3970. The molecule has 0 N–H and O–H groups in total. The van der Waals surface area contributed by atoms with E-state index in [9.17, 15) is 1.37 Å². The first-order valence-electron chi connectivity index (χ1n) is 21.9. The maximum Gasteiger partial charge on any atom is 0.166 e. The zero-order valence-electron chi connectivity index (χ0n) is 36.9. The molecule has 6 heteroatoms. The molecular formula is C51H30N4OS. The summed E-state index contributed by atoms with van der Waals surface area (Å²) in [6.45, 7) is 0. The van der Waals surface area contributed by atoms with Gasteiger partial charge in [0.25, 0.3) is 0 Å². The highest BCUT2D eigenvalue weighted by atomic mass is 32.1. The molecule has 0 saturated heterocycles. The summed E-state index contributed by atoms with van der Waals surface area (Å²) in [6, 6.07) is 42.9. The van der Waals surface area contributed by atoms with Crippen LogP contribution in [0.2, 0.25) is 0 Å². The largest absolute Gasteiger partial charge is 0.455 e. The van der Waals surface area contributed by atoms with Gasteiger partial charge >= 0.3 is 0 Å². The minimum atomic E-state index is -0.466. The van der Waals surface area contributed by atoms with Crippen molar-refractivity contribution in [2.75, 3.05) is 0 Å². The van der Waals surface area contributed by atoms with Gasteiger partial charge in [0.2, 0.25) is 0 Å². The van der Waals surface area contributed by atoms with E-state index in [-0.39, 0.29) is 57.8 Å². The summed E-state index contributed by atoms with van der Waals surface area (Å²) in [7, 11) is 0. The van der Waals surface area contributed by atoms with Gasteiger partial charge in [0, 0.05) is 64.0 Å². The fourth-order valence-electron chi connectivity index (χ4n) is 8.04. The summed E-state index contributed by atoms with van der Waals surface area (Å²) in [5.41, 5.74) is 6.09. The number of hydrogen-bond acceptors (Lipinski definition) is 5. The molecule has 12 aromatic rings. The predicted octanol–water partition coefficient (Wildman–Crippen LogP) is 13.9. The monoisotopic (exact) mass is 753 g/mol. The van der Waals surface area contributed by atoms with Crippen LogP contribution in [0.25, 0.3) is 115 Å². The highest BCUT2D eigenvalue weighted by Gasteiger charge is 2.21. The SMILES string of the molecule is [2H]c1cc([2H])c2c(c1[2H])c1c([2H])c([2H])c([2H])c([2H])c1n2-c1ccccc1-c1nc(-c2cccc(-c3cccc4c3oc3ccccc34)c2)nc(-c2cccc3c2sc2ccccc23)n1. The third kappa shape index (κ3) is 4.98.